The molecule has 8 heteroatoms. The molecule has 2 saturated heterocycles. The molecule has 2 aromatic carbocycles. The van der Waals surface area contributed by atoms with Gasteiger partial charge in [0.1, 0.15) is 0 Å². The summed E-state index contributed by atoms with van der Waals surface area (Å²) in [7, 11) is 0. The molecule has 40 heavy (non-hydrogen) atoms. The average Bonchev–Trinajstić information content (AvgIpc) is 2.92. The van der Waals surface area contributed by atoms with E-state index in [4.69, 9.17) is 15.0 Å². The number of hydrogen-bond donors (Lipinski definition) is 2. The molecule has 8 nitrogen and oxygen atoms in total. The van der Waals surface area contributed by atoms with Gasteiger partial charge in [0, 0.05) is 43.1 Å². The predicted molar refractivity (Wildman–Crippen MR) is 164 cm³/mol. The van der Waals surface area contributed by atoms with Crippen molar-refractivity contribution in [3.63, 3.8) is 0 Å². The Kier molecular flexibility index (Phi) is 8.52. The summed E-state index contributed by atoms with van der Waals surface area (Å²) in [6.45, 7) is 15.3. The zero-order chi connectivity index (χ0) is 28.2. The van der Waals surface area contributed by atoms with Crippen LogP contribution in [-0.2, 0) is 4.79 Å². The highest BCUT2D eigenvalue weighted by molar-refractivity contribution is 5.93. The molecule has 2 aliphatic heterocycles. The average molecular weight is 542 g/mol. The smallest absolute Gasteiger partial charge is 0.243 e. The Hall–Kier alpha value is -3.68. The summed E-state index contributed by atoms with van der Waals surface area (Å²) < 4.78 is 0. The van der Waals surface area contributed by atoms with E-state index in [2.05, 4.69) is 48.1 Å². The van der Waals surface area contributed by atoms with E-state index in [-0.39, 0.29) is 12.5 Å². The first-order chi connectivity index (χ1) is 19.2. The van der Waals surface area contributed by atoms with E-state index in [0.717, 1.165) is 60.6 Å². The van der Waals surface area contributed by atoms with Gasteiger partial charge < -0.3 is 20.4 Å². The van der Waals surface area contributed by atoms with Crippen molar-refractivity contribution in [2.75, 3.05) is 53.2 Å². The van der Waals surface area contributed by atoms with Gasteiger partial charge in [-0.05, 0) is 79.8 Å². The molecule has 2 aliphatic rings. The van der Waals surface area contributed by atoms with Gasteiger partial charge in [0.2, 0.25) is 17.8 Å². The number of carbonyl (C=O) groups excluding carboxylic acids is 1. The topological polar surface area (TPSA) is 86.3 Å². The normalized spacial score (nSPS) is 23.1. The van der Waals surface area contributed by atoms with Crippen LogP contribution >= 0.6 is 0 Å². The molecule has 5 rings (SSSR count). The van der Waals surface area contributed by atoms with Crippen molar-refractivity contribution in [1.82, 2.24) is 15.0 Å². The molecule has 2 fully saturated rings. The summed E-state index contributed by atoms with van der Waals surface area (Å²) in [5, 5.41) is 6.14. The van der Waals surface area contributed by atoms with E-state index in [1.165, 1.54) is 12.8 Å². The highest BCUT2D eigenvalue weighted by Gasteiger charge is 2.28. The first kappa shape index (κ1) is 27.9. The number of nitrogens with one attached hydrogen (secondary N) is 2. The SMILES string of the molecule is Cc1ccc(NC(=O)CNc2ccc(-c3nc(N4CC(C)CC(C)C4)nc(N4CC(C)CC(C)C4)n3)cc2)cc1. The van der Waals surface area contributed by atoms with Gasteiger partial charge in [-0.1, -0.05) is 45.4 Å². The van der Waals surface area contributed by atoms with Gasteiger partial charge in [0.05, 0.1) is 6.54 Å². The fourth-order valence-electron chi connectivity index (χ4n) is 6.18. The molecular weight excluding hydrogens is 498 g/mol. The molecule has 0 saturated carbocycles. The van der Waals surface area contributed by atoms with Crippen LogP contribution in [-0.4, -0.2) is 53.6 Å². The number of hydrogen-bond acceptors (Lipinski definition) is 7. The lowest BCUT2D eigenvalue weighted by atomic mass is 9.92. The zero-order valence-corrected chi connectivity index (χ0v) is 24.5. The van der Waals surface area contributed by atoms with Gasteiger partial charge in [0.25, 0.3) is 0 Å². The van der Waals surface area contributed by atoms with Crippen molar-refractivity contribution >= 4 is 29.2 Å². The standard InChI is InChI=1S/C32H43N7O/c1-21-6-10-28(11-7-21)34-29(40)16-33-27-12-8-26(9-13-27)30-35-31(38-17-22(2)14-23(3)18-38)37-32(36-30)39-19-24(4)15-25(5)20-39/h6-13,22-25,33H,14-20H2,1-5H3,(H,34,40). The van der Waals surface area contributed by atoms with Crippen LogP contribution in [0.15, 0.2) is 48.5 Å². The van der Waals surface area contributed by atoms with E-state index in [9.17, 15) is 4.79 Å². The molecule has 0 radical (unpaired) electrons. The lowest BCUT2D eigenvalue weighted by Crippen LogP contribution is -2.42. The van der Waals surface area contributed by atoms with Crippen LogP contribution in [0, 0.1) is 30.6 Å². The molecule has 3 aromatic rings. The molecule has 1 aromatic heterocycles. The van der Waals surface area contributed by atoms with E-state index < -0.39 is 0 Å². The zero-order valence-electron chi connectivity index (χ0n) is 24.5. The second kappa shape index (κ2) is 12.2. The fraction of sp³-hybridized carbons (Fsp3) is 0.500. The van der Waals surface area contributed by atoms with Crippen LogP contribution in [0.3, 0.4) is 0 Å². The van der Waals surface area contributed by atoms with Crippen molar-refractivity contribution < 1.29 is 4.79 Å². The van der Waals surface area contributed by atoms with Crippen LogP contribution in [0.25, 0.3) is 11.4 Å². The summed E-state index contributed by atoms with van der Waals surface area (Å²) in [5.74, 6) is 4.59. The summed E-state index contributed by atoms with van der Waals surface area (Å²) in [5.41, 5.74) is 3.77. The van der Waals surface area contributed by atoms with Crippen LogP contribution in [0.1, 0.15) is 46.1 Å². The summed E-state index contributed by atoms with van der Waals surface area (Å²) in [6, 6.07) is 15.8. The second-order valence-electron chi connectivity index (χ2n) is 12.3. The quantitative estimate of drug-likeness (QED) is 0.387. The van der Waals surface area contributed by atoms with Gasteiger partial charge >= 0.3 is 0 Å². The molecule has 4 unspecified atom stereocenters. The minimum Gasteiger partial charge on any atom is -0.376 e. The summed E-state index contributed by atoms with van der Waals surface area (Å²) in [6.07, 6.45) is 2.47. The highest BCUT2D eigenvalue weighted by atomic mass is 16.1. The van der Waals surface area contributed by atoms with Crippen LogP contribution < -0.4 is 20.4 Å². The lowest BCUT2D eigenvalue weighted by molar-refractivity contribution is -0.114. The number of rotatable bonds is 7. The monoisotopic (exact) mass is 541 g/mol. The third kappa shape index (κ3) is 7.09. The first-order valence-electron chi connectivity index (χ1n) is 14.7. The van der Waals surface area contributed by atoms with Crippen molar-refractivity contribution in [1.29, 1.82) is 0 Å². The van der Waals surface area contributed by atoms with Crippen LogP contribution in [0.2, 0.25) is 0 Å². The van der Waals surface area contributed by atoms with E-state index in [1.807, 2.05) is 55.5 Å². The largest absolute Gasteiger partial charge is 0.376 e. The second-order valence-corrected chi connectivity index (χ2v) is 12.3. The predicted octanol–water partition coefficient (Wildman–Crippen LogP) is 5.86. The van der Waals surface area contributed by atoms with E-state index >= 15 is 0 Å². The van der Waals surface area contributed by atoms with Gasteiger partial charge in [-0.15, -0.1) is 0 Å². The Morgan fingerprint density at radius 2 is 1.20 bits per heavy atom. The Morgan fingerprint density at radius 3 is 1.70 bits per heavy atom. The third-order valence-corrected chi connectivity index (χ3v) is 7.85. The number of aromatic nitrogens is 3. The van der Waals surface area contributed by atoms with E-state index in [0.29, 0.717) is 29.5 Å². The maximum absolute atomic E-state index is 12.4. The molecule has 4 atom stereocenters. The Morgan fingerprint density at radius 1 is 0.725 bits per heavy atom. The van der Waals surface area contributed by atoms with Gasteiger partial charge in [-0.2, -0.15) is 15.0 Å². The molecular formula is C32H43N7O. The molecule has 212 valence electrons. The Labute approximate surface area is 238 Å². The van der Waals surface area contributed by atoms with Crippen molar-refractivity contribution in [2.45, 2.75) is 47.5 Å². The number of amides is 1. The summed E-state index contributed by atoms with van der Waals surface area (Å²) in [4.78, 5) is 32.1. The molecule has 1 amide bonds. The lowest BCUT2D eigenvalue weighted by Gasteiger charge is -2.37. The number of nitrogens with zero attached hydrogens (tertiary/aromatic N) is 5. The fourth-order valence-corrected chi connectivity index (χ4v) is 6.18. The number of piperidine rings is 2. The molecule has 2 N–H and O–H groups in total. The third-order valence-electron chi connectivity index (χ3n) is 7.85. The van der Waals surface area contributed by atoms with Gasteiger partial charge in [-0.3, -0.25) is 4.79 Å². The first-order valence-corrected chi connectivity index (χ1v) is 14.7. The summed E-state index contributed by atoms with van der Waals surface area (Å²) >= 11 is 0. The van der Waals surface area contributed by atoms with Crippen LogP contribution in [0.4, 0.5) is 23.3 Å². The number of carbonyl (C=O) groups is 1. The molecule has 0 spiro atoms. The number of aryl methyl sites for hydroxylation is 1. The Balaban J connectivity index is 1.33. The van der Waals surface area contributed by atoms with E-state index in [1.54, 1.807) is 0 Å². The minimum atomic E-state index is -0.0883. The molecule has 3 heterocycles. The maximum Gasteiger partial charge on any atom is 0.243 e. The van der Waals surface area contributed by atoms with Crippen molar-refractivity contribution in [3.05, 3.63) is 54.1 Å². The highest BCUT2D eigenvalue weighted by Crippen LogP contribution is 2.30. The number of benzene rings is 2. The van der Waals surface area contributed by atoms with Crippen molar-refractivity contribution in [2.24, 2.45) is 23.7 Å². The molecule has 0 bridgehead atoms. The van der Waals surface area contributed by atoms with Crippen molar-refractivity contribution in [3.8, 4) is 11.4 Å². The van der Waals surface area contributed by atoms with Gasteiger partial charge in [0.15, 0.2) is 5.82 Å². The van der Waals surface area contributed by atoms with Crippen LogP contribution in [0.5, 0.6) is 0 Å². The molecule has 0 aliphatic carbocycles. The van der Waals surface area contributed by atoms with Gasteiger partial charge in [-0.25, -0.2) is 0 Å². The maximum atomic E-state index is 12.4. The minimum absolute atomic E-state index is 0.0883. The Bertz CT molecular complexity index is 1230. The number of anilines is 4.